The number of carbonyl (C=O) groups is 1. The minimum absolute atomic E-state index is 0.169. The summed E-state index contributed by atoms with van der Waals surface area (Å²) in [4.78, 5) is 15.0. The van der Waals surface area contributed by atoms with Crippen LogP contribution in [-0.2, 0) is 0 Å². The Morgan fingerprint density at radius 2 is 1.46 bits per heavy atom. The van der Waals surface area contributed by atoms with Crippen LogP contribution in [0.15, 0.2) is 0 Å². The van der Waals surface area contributed by atoms with E-state index in [0.29, 0.717) is 0 Å². The first-order valence-electron chi connectivity index (χ1n) is 3.81. The van der Waals surface area contributed by atoms with Crippen molar-refractivity contribution in [2.24, 2.45) is 0 Å². The topological polar surface area (TPSA) is 87.5 Å². The van der Waals surface area contributed by atoms with E-state index in [0.717, 1.165) is 9.80 Å². The molecule has 0 atom stereocenters. The lowest BCUT2D eigenvalue weighted by Gasteiger charge is -2.39. The van der Waals surface area contributed by atoms with Gasteiger partial charge in [-0.25, -0.2) is 9.69 Å². The summed E-state index contributed by atoms with van der Waals surface area (Å²) in [6.45, 7) is -0.734. The lowest BCUT2D eigenvalue weighted by atomic mass is 10.5. The SMILES string of the molecule is O=C1N(CO)CN(CO)CN1CO. The fourth-order valence-corrected chi connectivity index (χ4v) is 1.15. The molecule has 0 aromatic heterocycles. The Bertz CT molecular complexity index is 173. The zero-order chi connectivity index (χ0) is 9.84. The van der Waals surface area contributed by atoms with Crippen LogP contribution in [0.4, 0.5) is 4.79 Å². The minimum atomic E-state index is -0.435. The van der Waals surface area contributed by atoms with Crippen molar-refractivity contribution in [3.8, 4) is 0 Å². The minimum Gasteiger partial charge on any atom is -0.381 e. The van der Waals surface area contributed by atoms with Crippen LogP contribution in [0.3, 0.4) is 0 Å². The second kappa shape index (κ2) is 4.38. The van der Waals surface area contributed by atoms with Crippen molar-refractivity contribution in [2.75, 3.05) is 33.5 Å². The van der Waals surface area contributed by atoms with E-state index >= 15 is 0 Å². The molecule has 0 aromatic rings. The number of rotatable bonds is 3. The average molecular weight is 191 g/mol. The maximum Gasteiger partial charge on any atom is 0.325 e. The fraction of sp³-hybridized carbons (Fsp3) is 0.833. The summed E-state index contributed by atoms with van der Waals surface area (Å²) < 4.78 is 0. The van der Waals surface area contributed by atoms with Gasteiger partial charge >= 0.3 is 6.03 Å². The number of carbonyl (C=O) groups excluding carboxylic acids is 1. The number of hydrogen-bond donors (Lipinski definition) is 3. The summed E-state index contributed by atoms with van der Waals surface area (Å²) in [5.41, 5.74) is 0. The Balaban J connectivity index is 2.62. The van der Waals surface area contributed by atoms with Crippen molar-refractivity contribution in [3.05, 3.63) is 0 Å². The Labute approximate surface area is 75.4 Å². The predicted molar refractivity (Wildman–Crippen MR) is 41.9 cm³/mol. The van der Waals surface area contributed by atoms with E-state index in [4.69, 9.17) is 15.3 Å². The number of aliphatic hydroxyl groups excluding tert-OH is 3. The summed E-state index contributed by atoms with van der Waals surface area (Å²) in [5, 5.41) is 26.4. The molecule has 2 amide bonds. The number of nitrogens with zero attached hydrogens (tertiary/aromatic N) is 3. The number of aliphatic hydroxyl groups is 3. The Morgan fingerprint density at radius 3 is 1.77 bits per heavy atom. The first-order valence-corrected chi connectivity index (χ1v) is 3.81. The van der Waals surface area contributed by atoms with Gasteiger partial charge in [0.25, 0.3) is 0 Å². The zero-order valence-corrected chi connectivity index (χ0v) is 7.13. The second-order valence-electron chi connectivity index (χ2n) is 2.74. The molecule has 1 aliphatic heterocycles. The van der Waals surface area contributed by atoms with Gasteiger partial charge in [-0.2, -0.15) is 0 Å². The highest BCUT2D eigenvalue weighted by Crippen LogP contribution is 2.07. The molecule has 0 radical (unpaired) electrons. The van der Waals surface area contributed by atoms with Crippen molar-refractivity contribution in [1.29, 1.82) is 0 Å². The monoisotopic (exact) mass is 191 g/mol. The average Bonchev–Trinajstić information content (AvgIpc) is 2.18. The third-order valence-electron chi connectivity index (χ3n) is 1.82. The molecule has 1 saturated heterocycles. The maximum atomic E-state index is 11.3. The van der Waals surface area contributed by atoms with Crippen molar-refractivity contribution in [2.45, 2.75) is 0 Å². The highest BCUT2D eigenvalue weighted by molar-refractivity contribution is 5.74. The standard InChI is InChI=1S/C6H13N3O4/c10-3-7-1-8(4-11)6(13)9(2-7)5-12/h10-12H,1-5H2. The quantitative estimate of drug-likeness (QED) is 0.471. The van der Waals surface area contributed by atoms with Gasteiger partial charge in [0, 0.05) is 0 Å². The molecule has 0 saturated carbocycles. The smallest absolute Gasteiger partial charge is 0.325 e. The van der Waals surface area contributed by atoms with Crippen LogP contribution in [-0.4, -0.2) is 69.6 Å². The van der Waals surface area contributed by atoms with Crippen LogP contribution in [0.25, 0.3) is 0 Å². The van der Waals surface area contributed by atoms with E-state index < -0.39 is 19.5 Å². The molecule has 0 spiro atoms. The number of hydrogen-bond acceptors (Lipinski definition) is 5. The summed E-state index contributed by atoms with van der Waals surface area (Å²) in [5.74, 6) is 0. The molecule has 0 aliphatic carbocycles. The maximum absolute atomic E-state index is 11.3. The van der Waals surface area contributed by atoms with Crippen molar-refractivity contribution >= 4 is 6.03 Å². The molecule has 1 heterocycles. The number of amides is 2. The summed E-state index contributed by atoms with van der Waals surface area (Å²) in [7, 11) is 0. The molecule has 3 N–H and O–H groups in total. The van der Waals surface area contributed by atoms with Crippen LogP contribution in [0.1, 0.15) is 0 Å². The van der Waals surface area contributed by atoms with Crippen LogP contribution >= 0.6 is 0 Å². The molecule has 1 fully saturated rings. The van der Waals surface area contributed by atoms with Crippen molar-refractivity contribution in [1.82, 2.24) is 14.7 Å². The fourth-order valence-electron chi connectivity index (χ4n) is 1.15. The van der Waals surface area contributed by atoms with Gasteiger partial charge in [-0.05, 0) is 0 Å². The van der Waals surface area contributed by atoms with Gasteiger partial charge in [0.05, 0.1) is 20.1 Å². The van der Waals surface area contributed by atoms with E-state index in [1.54, 1.807) is 0 Å². The van der Waals surface area contributed by atoms with Gasteiger partial charge in [0.15, 0.2) is 0 Å². The van der Waals surface area contributed by atoms with Crippen LogP contribution in [0.2, 0.25) is 0 Å². The summed E-state index contributed by atoms with van der Waals surface area (Å²) >= 11 is 0. The highest BCUT2D eigenvalue weighted by atomic mass is 16.3. The lowest BCUT2D eigenvalue weighted by Crippen LogP contribution is -2.58. The van der Waals surface area contributed by atoms with Gasteiger partial charge in [-0.15, -0.1) is 0 Å². The molecule has 0 bridgehead atoms. The van der Waals surface area contributed by atoms with Gasteiger partial charge in [-0.3, -0.25) is 9.80 Å². The molecular weight excluding hydrogens is 178 g/mol. The normalized spacial score (nSPS) is 19.8. The van der Waals surface area contributed by atoms with E-state index in [2.05, 4.69) is 0 Å². The van der Waals surface area contributed by atoms with E-state index in [1.165, 1.54) is 4.90 Å². The summed E-state index contributed by atoms with van der Waals surface area (Å²) in [6, 6.07) is -0.435. The molecule has 1 rings (SSSR count). The molecule has 0 aromatic carbocycles. The van der Waals surface area contributed by atoms with Crippen molar-refractivity contribution in [3.63, 3.8) is 0 Å². The highest BCUT2D eigenvalue weighted by Gasteiger charge is 2.28. The molecule has 7 nitrogen and oxygen atoms in total. The molecule has 76 valence electrons. The first kappa shape index (κ1) is 10.2. The van der Waals surface area contributed by atoms with Gasteiger partial charge < -0.3 is 15.3 Å². The third kappa shape index (κ3) is 2.07. The van der Waals surface area contributed by atoms with E-state index in [9.17, 15) is 4.79 Å². The number of urea groups is 1. The van der Waals surface area contributed by atoms with Crippen LogP contribution in [0.5, 0.6) is 0 Å². The molecule has 13 heavy (non-hydrogen) atoms. The first-order chi connectivity index (χ1) is 6.22. The predicted octanol–water partition coefficient (Wildman–Crippen LogP) is -2.21. The Hall–Kier alpha value is -0.890. The van der Waals surface area contributed by atoms with E-state index in [1.807, 2.05) is 0 Å². The zero-order valence-electron chi connectivity index (χ0n) is 7.13. The van der Waals surface area contributed by atoms with Crippen LogP contribution < -0.4 is 0 Å². The molecule has 1 aliphatic rings. The Kier molecular flexibility index (Phi) is 3.43. The van der Waals surface area contributed by atoms with Gasteiger partial charge in [-0.1, -0.05) is 0 Å². The largest absolute Gasteiger partial charge is 0.381 e. The summed E-state index contributed by atoms with van der Waals surface area (Å²) in [6.07, 6.45) is 0. The van der Waals surface area contributed by atoms with E-state index in [-0.39, 0.29) is 20.1 Å². The van der Waals surface area contributed by atoms with Gasteiger partial charge in [0.1, 0.15) is 13.5 Å². The Morgan fingerprint density at radius 1 is 1.00 bits per heavy atom. The van der Waals surface area contributed by atoms with Crippen molar-refractivity contribution < 1.29 is 20.1 Å². The van der Waals surface area contributed by atoms with Crippen LogP contribution in [0, 0.1) is 0 Å². The third-order valence-corrected chi connectivity index (χ3v) is 1.82. The molecular formula is C6H13N3O4. The lowest BCUT2D eigenvalue weighted by molar-refractivity contribution is -0.0544. The van der Waals surface area contributed by atoms with Gasteiger partial charge in [0.2, 0.25) is 0 Å². The molecule has 0 unspecified atom stereocenters. The molecule has 7 heteroatoms. The second-order valence-corrected chi connectivity index (χ2v) is 2.74.